The van der Waals surface area contributed by atoms with Gasteiger partial charge in [0.15, 0.2) is 0 Å². The van der Waals surface area contributed by atoms with Gasteiger partial charge in [-0.1, -0.05) is 0 Å². The lowest BCUT2D eigenvalue weighted by molar-refractivity contribution is 0.688. The largest absolute Gasteiger partial charge is 0.369 e. The first-order valence-corrected chi connectivity index (χ1v) is 5.04. The number of nitrogens with zero attached hydrogens (tertiary/aromatic N) is 3. The van der Waals surface area contributed by atoms with E-state index in [-0.39, 0.29) is 0 Å². The zero-order chi connectivity index (χ0) is 10.5. The summed E-state index contributed by atoms with van der Waals surface area (Å²) in [6.07, 6.45) is 5.56. The minimum Gasteiger partial charge on any atom is -0.369 e. The molecule has 0 fully saturated rings. The quantitative estimate of drug-likeness (QED) is 0.821. The Balaban J connectivity index is 2.05. The van der Waals surface area contributed by atoms with E-state index in [0.717, 1.165) is 18.9 Å². The van der Waals surface area contributed by atoms with Crippen molar-refractivity contribution in [2.24, 2.45) is 0 Å². The van der Waals surface area contributed by atoms with E-state index in [1.54, 1.807) is 12.4 Å². The molecular weight excluding hydrogens is 188 g/mol. The minimum atomic E-state index is 0.786. The maximum Gasteiger partial charge on any atom is 0.147 e. The first-order chi connectivity index (χ1) is 7.38. The van der Waals surface area contributed by atoms with E-state index in [4.69, 9.17) is 0 Å². The highest BCUT2D eigenvalue weighted by Gasteiger charge is 1.97. The number of hydrogen-bond donors (Lipinski definition) is 1. The third-order valence-electron chi connectivity index (χ3n) is 2.09. The molecule has 4 nitrogen and oxygen atoms in total. The van der Waals surface area contributed by atoms with Crippen LogP contribution in [0.2, 0.25) is 0 Å². The van der Waals surface area contributed by atoms with Crippen LogP contribution in [0, 0.1) is 0 Å². The van der Waals surface area contributed by atoms with Gasteiger partial charge < -0.3 is 5.32 Å². The van der Waals surface area contributed by atoms with Crippen LogP contribution in [0.15, 0.2) is 36.8 Å². The molecule has 2 aromatic rings. The zero-order valence-corrected chi connectivity index (χ0v) is 8.72. The molecule has 15 heavy (non-hydrogen) atoms. The average molecular weight is 202 g/mol. The van der Waals surface area contributed by atoms with Crippen molar-refractivity contribution in [3.63, 3.8) is 0 Å². The van der Waals surface area contributed by atoms with Gasteiger partial charge in [0.2, 0.25) is 0 Å². The molecule has 1 N–H and O–H groups in total. The van der Waals surface area contributed by atoms with Gasteiger partial charge in [0, 0.05) is 31.2 Å². The van der Waals surface area contributed by atoms with Crippen molar-refractivity contribution in [2.45, 2.75) is 13.5 Å². The van der Waals surface area contributed by atoms with Crippen LogP contribution in [0.5, 0.6) is 0 Å². The smallest absolute Gasteiger partial charge is 0.147 e. The summed E-state index contributed by atoms with van der Waals surface area (Å²) in [6.45, 7) is 3.74. The number of rotatable bonds is 4. The van der Waals surface area contributed by atoms with Gasteiger partial charge in [0.25, 0.3) is 0 Å². The number of anilines is 1. The number of nitrogens with one attached hydrogen (secondary N) is 1. The van der Waals surface area contributed by atoms with Gasteiger partial charge in [0.05, 0.1) is 6.54 Å². The van der Waals surface area contributed by atoms with Crippen LogP contribution in [0.3, 0.4) is 0 Å². The Morgan fingerprint density at radius 3 is 2.80 bits per heavy atom. The average Bonchev–Trinajstić information content (AvgIpc) is 2.68. The molecule has 0 saturated heterocycles. The van der Waals surface area contributed by atoms with E-state index >= 15 is 0 Å². The Bertz CT molecular complexity index is 408. The second kappa shape index (κ2) is 4.59. The van der Waals surface area contributed by atoms with Crippen LogP contribution < -0.4 is 5.32 Å². The molecule has 4 heteroatoms. The van der Waals surface area contributed by atoms with Crippen LogP contribution in [0.25, 0.3) is 0 Å². The molecule has 2 aromatic heterocycles. The van der Waals surface area contributed by atoms with Crippen LogP contribution in [0.1, 0.15) is 12.5 Å². The lowest BCUT2D eigenvalue weighted by Crippen LogP contribution is -2.02. The van der Waals surface area contributed by atoms with Crippen LogP contribution in [-0.2, 0) is 6.54 Å². The molecule has 78 valence electrons. The zero-order valence-electron chi connectivity index (χ0n) is 8.72. The van der Waals surface area contributed by atoms with Gasteiger partial charge in [-0.3, -0.25) is 9.67 Å². The van der Waals surface area contributed by atoms with Crippen LogP contribution in [0.4, 0.5) is 5.82 Å². The Labute approximate surface area is 89.0 Å². The summed E-state index contributed by atoms with van der Waals surface area (Å²) in [4.78, 5) is 3.98. The maximum atomic E-state index is 4.38. The SMILES string of the molecule is CCNc1ccn(Cc2ccncc2)n1. The Morgan fingerprint density at radius 1 is 1.27 bits per heavy atom. The van der Waals surface area contributed by atoms with E-state index in [0.29, 0.717) is 0 Å². The molecule has 0 aliphatic rings. The number of pyridine rings is 1. The molecule has 0 atom stereocenters. The summed E-state index contributed by atoms with van der Waals surface area (Å²) in [5.74, 6) is 0.923. The summed E-state index contributed by atoms with van der Waals surface area (Å²) in [7, 11) is 0. The highest BCUT2D eigenvalue weighted by molar-refractivity contribution is 5.31. The second-order valence-electron chi connectivity index (χ2n) is 3.28. The first kappa shape index (κ1) is 9.71. The van der Waals surface area contributed by atoms with Gasteiger partial charge in [-0.15, -0.1) is 0 Å². The number of hydrogen-bond acceptors (Lipinski definition) is 3. The molecule has 0 aromatic carbocycles. The van der Waals surface area contributed by atoms with Gasteiger partial charge in [-0.05, 0) is 24.6 Å². The molecule has 0 radical (unpaired) electrons. The summed E-state index contributed by atoms with van der Waals surface area (Å²) in [5, 5.41) is 7.55. The predicted molar refractivity (Wildman–Crippen MR) is 59.7 cm³/mol. The van der Waals surface area contributed by atoms with Gasteiger partial charge >= 0.3 is 0 Å². The van der Waals surface area contributed by atoms with Crippen molar-refractivity contribution in [3.05, 3.63) is 42.4 Å². The topological polar surface area (TPSA) is 42.7 Å². The first-order valence-electron chi connectivity index (χ1n) is 5.04. The molecule has 0 aliphatic carbocycles. The monoisotopic (exact) mass is 202 g/mol. The summed E-state index contributed by atoms with van der Waals surface area (Å²) in [6, 6.07) is 5.97. The van der Waals surface area contributed by atoms with Crippen molar-refractivity contribution in [1.82, 2.24) is 14.8 Å². The molecule has 0 saturated carbocycles. The highest BCUT2D eigenvalue weighted by Crippen LogP contribution is 2.04. The van der Waals surface area contributed by atoms with Crippen LogP contribution >= 0.6 is 0 Å². The fraction of sp³-hybridized carbons (Fsp3) is 0.273. The van der Waals surface area contributed by atoms with E-state index in [2.05, 4.69) is 22.3 Å². The van der Waals surface area contributed by atoms with Gasteiger partial charge in [-0.2, -0.15) is 5.10 Å². The highest BCUT2D eigenvalue weighted by atomic mass is 15.3. The maximum absolute atomic E-state index is 4.38. The Hall–Kier alpha value is -1.84. The van der Waals surface area contributed by atoms with Gasteiger partial charge in [0.1, 0.15) is 5.82 Å². The van der Waals surface area contributed by atoms with Crippen molar-refractivity contribution < 1.29 is 0 Å². The third-order valence-corrected chi connectivity index (χ3v) is 2.09. The predicted octanol–water partition coefficient (Wildman–Crippen LogP) is 1.76. The van der Waals surface area contributed by atoms with E-state index in [9.17, 15) is 0 Å². The lowest BCUT2D eigenvalue weighted by atomic mass is 10.3. The Morgan fingerprint density at radius 2 is 2.07 bits per heavy atom. The standard InChI is InChI=1S/C11H14N4/c1-2-13-11-5-8-15(14-11)9-10-3-6-12-7-4-10/h3-8H,2,9H2,1H3,(H,13,14). The number of aromatic nitrogens is 3. The molecule has 0 amide bonds. The van der Waals surface area contributed by atoms with E-state index in [1.165, 1.54) is 5.56 Å². The lowest BCUT2D eigenvalue weighted by Gasteiger charge is -2.01. The minimum absolute atomic E-state index is 0.786. The van der Waals surface area contributed by atoms with Gasteiger partial charge in [-0.25, -0.2) is 0 Å². The van der Waals surface area contributed by atoms with Crippen molar-refractivity contribution in [1.29, 1.82) is 0 Å². The van der Waals surface area contributed by atoms with Crippen LogP contribution in [-0.4, -0.2) is 21.3 Å². The molecule has 0 spiro atoms. The molecule has 2 heterocycles. The van der Waals surface area contributed by atoms with Crippen molar-refractivity contribution in [2.75, 3.05) is 11.9 Å². The molecule has 2 rings (SSSR count). The molecule has 0 bridgehead atoms. The summed E-state index contributed by atoms with van der Waals surface area (Å²) >= 11 is 0. The normalized spacial score (nSPS) is 10.2. The van der Waals surface area contributed by atoms with E-state index < -0.39 is 0 Å². The fourth-order valence-corrected chi connectivity index (χ4v) is 1.40. The third kappa shape index (κ3) is 2.56. The molecule has 0 unspecified atom stereocenters. The fourth-order valence-electron chi connectivity index (χ4n) is 1.40. The van der Waals surface area contributed by atoms with E-state index in [1.807, 2.05) is 29.1 Å². The summed E-state index contributed by atoms with van der Waals surface area (Å²) in [5.41, 5.74) is 1.20. The summed E-state index contributed by atoms with van der Waals surface area (Å²) < 4.78 is 1.91. The Kier molecular flexibility index (Phi) is 2.97. The van der Waals surface area contributed by atoms with Crippen molar-refractivity contribution in [3.8, 4) is 0 Å². The van der Waals surface area contributed by atoms with Crippen molar-refractivity contribution >= 4 is 5.82 Å². The second-order valence-corrected chi connectivity index (χ2v) is 3.28. The molecule has 0 aliphatic heterocycles. The molecular formula is C11H14N4.